The topological polar surface area (TPSA) is 58.9 Å². The molecule has 0 fully saturated rings. The molecular weight excluding hydrogens is 403 g/mol. The van der Waals surface area contributed by atoms with E-state index in [2.05, 4.69) is 5.16 Å². The number of oxime groups is 1. The van der Waals surface area contributed by atoms with Gasteiger partial charge in [0.2, 0.25) is 0 Å². The lowest BCUT2D eigenvalue weighted by molar-refractivity contribution is -0.0598. The predicted molar refractivity (Wildman–Crippen MR) is 107 cm³/mol. The van der Waals surface area contributed by atoms with Crippen LogP contribution < -0.4 is 4.84 Å². The minimum Gasteiger partial charge on any atom is -0.355 e. The molecule has 0 aliphatic rings. The minimum absolute atomic E-state index is 0.0736. The van der Waals surface area contributed by atoms with Gasteiger partial charge in [-0.1, -0.05) is 53.2 Å². The van der Waals surface area contributed by atoms with Crippen molar-refractivity contribution in [2.24, 2.45) is 5.16 Å². The Labute approximate surface area is 168 Å². The molecule has 1 atom stereocenters. The van der Waals surface area contributed by atoms with E-state index in [0.29, 0.717) is 21.9 Å². The summed E-state index contributed by atoms with van der Waals surface area (Å²) < 4.78 is 62.8. The number of alkyl halides is 3. The van der Waals surface area contributed by atoms with E-state index in [-0.39, 0.29) is 16.2 Å². The summed E-state index contributed by atoms with van der Waals surface area (Å²) in [5, 5.41) is 4.44. The molecule has 3 rings (SSSR count). The van der Waals surface area contributed by atoms with Gasteiger partial charge in [0.15, 0.2) is 22.5 Å². The summed E-state index contributed by atoms with van der Waals surface area (Å²) in [5.74, 6) is -0.214. The van der Waals surface area contributed by atoms with E-state index < -0.39 is 23.0 Å². The fraction of sp³-hybridized carbons (Fsp3) is 0.190. The quantitative estimate of drug-likeness (QED) is 0.334. The Balaban J connectivity index is 2.15. The van der Waals surface area contributed by atoms with E-state index in [0.717, 1.165) is 5.56 Å². The summed E-state index contributed by atoms with van der Waals surface area (Å²) in [6, 6.07) is 12.9. The van der Waals surface area contributed by atoms with Gasteiger partial charge in [0.05, 0.1) is 0 Å². The van der Waals surface area contributed by atoms with Gasteiger partial charge >= 0.3 is 6.18 Å². The van der Waals surface area contributed by atoms with Gasteiger partial charge in [0.1, 0.15) is 4.90 Å². The van der Waals surface area contributed by atoms with Crippen LogP contribution in [0.3, 0.4) is 0 Å². The van der Waals surface area contributed by atoms with Crippen molar-refractivity contribution in [1.29, 1.82) is 0 Å². The molecule has 0 heterocycles. The van der Waals surface area contributed by atoms with E-state index in [1.54, 1.807) is 63.2 Å². The second kappa shape index (κ2) is 7.96. The lowest BCUT2D eigenvalue weighted by atomic mass is 9.96. The van der Waals surface area contributed by atoms with Crippen molar-refractivity contribution in [1.82, 2.24) is 0 Å². The number of hydrogen-bond acceptors (Lipinski definition) is 3. The Morgan fingerprint density at radius 2 is 1.66 bits per heavy atom. The van der Waals surface area contributed by atoms with Gasteiger partial charge in [-0.15, -0.1) is 0 Å². The largest absolute Gasteiger partial charge is 0.437 e. The predicted octanol–water partition coefficient (Wildman–Crippen LogP) is 5.69. The van der Waals surface area contributed by atoms with Crippen molar-refractivity contribution >= 4 is 27.6 Å². The average molecular weight is 421 g/mol. The third-order valence-electron chi connectivity index (χ3n) is 4.44. The van der Waals surface area contributed by atoms with Crippen LogP contribution in [0.1, 0.15) is 22.3 Å². The molecule has 0 spiro atoms. The molecule has 0 aromatic heterocycles. The molecule has 0 amide bonds. The Morgan fingerprint density at radius 3 is 2.24 bits per heavy atom. The van der Waals surface area contributed by atoms with Crippen LogP contribution in [-0.2, 0) is 11.1 Å². The number of benzene rings is 3. The number of halogens is 3. The molecule has 0 bridgehead atoms. The maximum Gasteiger partial charge on any atom is 0.437 e. The Bertz CT molecular complexity index is 1120. The van der Waals surface area contributed by atoms with Gasteiger partial charge in [-0.05, 0) is 43.4 Å². The highest BCUT2D eigenvalue weighted by Crippen LogP contribution is 2.32. The zero-order valence-electron chi connectivity index (χ0n) is 15.9. The van der Waals surface area contributed by atoms with Crippen LogP contribution in [0.2, 0.25) is 0 Å². The van der Waals surface area contributed by atoms with Crippen LogP contribution in [-0.4, -0.2) is 20.6 Å². The fourth-order valence-corrected chi connectivity index (χ4v) is 4.01. The molecule has 0 radical (unpaired) electrons. The molecule has 4 nitrogen and oxygen atoms in total. The molecule has 0 aliphatic carbocycles. The van der Waals surface area contributed by atoms with E-state index in [4.69, 9.17) is 4.84 Å². The van der Waals surface area contributed by atoms with Crippen LogP contribution >= 0.6 is 0 Å². The van der Waals surface area contributed by atoms with Gasteiger partial charge < -0.3 is 9.39 Å². The first kappa shape index (κ1) is 21.0. The monoisotopic (exact) mass is 421 g/mol. The molecule has 1 unspecified atom stereocenters. The van der Waals surface area contributed by atoms with Crippen LogP contribution in [0.25, 0.3) is 10.8 Å². The van der Waals surface area contributed by atoms with Crippen LogP contribution in [0.15, 0.2) is 58.6 Å². The lowest BCUT2D eigenvalue weighted by Gasteiger charge is -2.16. The molecular formula is C21H18F3NO3S. The molecule has 152 valence electrons. The maximum atomic E-state index is 13.8. The van der Waals surface area contributed by atoms with Crippen molar-refractivity contribution in [3.63, 3.8) is 0 Å². The van der Waals surface area contributed by atoms with E-state index >= 15 is 0 Å². The number of fused-ring (bicyclic) bond motifs is 1. The summed E-state index contributed by atoms with van der Waals surface area (Å²) in [6.07, 6.45) is -4.78. The standard InChI is InChI=1S/C21H18F3NO3S/c1-12-10-13(2)18(14(3)11-12)20(21(22,23)24)25-28-17-9-8-15-6-4-5-7-16(15)19(17)29(26)27/h4-11H,1-3H3,(H,26,27). The van der Waals surface area contributed by atoms with E-state index in [1.165, 1.54) is 6.07 Å². The molecule has 1 N–H and O–H groups in total. The Hall–Kier alpha value is -2.71. The summed E-state index contributed by atoms with van der Waals surface area (Å²) in [4.78, 5) is 4.97. The molecule has 3 aromatic carbocycles. The Kier molecular flexibility index (Phi) is 5.77. The number of aryl methyl sites for hydroxylation is 3. The number of hydrogen-bond donors (Lipinski definition) is 1. The molecule has 29 heavy (non-hydrogen) atoms. The first-order valence-corrected chi connectivity index (χ1v) is 9.73. The van der Waals surface area contributed by atoms with Gasteiger partial charge in [-0.2, -0.15) is 13.2 Å². The van der Waals surface area contributed by atoms with Crippen LogP contribution in [0, 0.1) is 20.8 Å². The molecule has 0 saturated heterocycles. The van der Waals surface area contributed by atoms with Crippen molar-refractivity contribution in [2.45, 2.75) is 31.8 Å². The van der Waals surface area contributed by atoms with Gasteiger partial charge in [0, 0.05) is 10.9 Å². The fourth-order valence-electron chi connectivity index (χ4n) is 3.36. The molecule has 0 saturated carbocycles. The van der Waals surface area contributed by atoms with Crippen molar-refractivity contribution < 1.29 is 26.8 Å². The molecule has 8 heteroatoms. The average Bonchev–Trinajstić information content (AvgIpc) is 2.61. The summed E-state index contributed by atoms with van der Waals surface area (Å²) in [5.41, 5.74) is 0.378. The first-order chi connectivity index (χ1) is 13.6. The van der Waals surface area contributed by atoms with Crippen molar-refractivity contribution in [2.75, 3.05) is 0 Å². The second-order valence-electron chi connectivity index (χ2n) is 6.67. The minimum atomic E-state index is -4.78. The first-order valence-electron chi connectivity index (χ1n) is 8.62. The molecule has 0 aliphatic heterocycles. The third kappa shape index (κ3) is 4.33. The zero-order chi connectivity index (χ0) is 21.3. The van der Waals surface area contributed by atoms with Gasteiger partial charge in [0.25, 0.3) is 0 Å². The summed E-state index contributed by atoms with van der Waals surface area (Å²) >= 11 is -2.48. The van der Waals surface area contributed by atoms with Gasteiger partial charge in [-0.25, -0.2) is 4.21 Å². The lowest BCUT2D eigenvalue weighted by Crippen LogP contribution is -2.27. The maximum absolute atomic E-state index is 13.8. The van der Waals surface area contributed by atoms with Crippen LogP contribution in [0.5, 0.6) is 5.75 Å². The number of nitrogens with zero attached hydrogens (tertiary/aromatic N) is 1. The van der Waals surface area contributed by atoms with Crippen molar-refractivity contribution in [3.8, 4) is 5.75 Å². The highest BCUT2D eigenvalue weighted by atomic mass is 32.2. The zero-order valence-corrected chi connectivity index (χ0v) is 16.7. The van der Waals surface area contributed by atoms with Gasteiger partial charge in [-0.3, -0.25) is 0 Å². The second-order valence-corrected chi connectivity index (χ2v) is 7.57. The highest BCUT2D eigenvalue weighted by Gasteiger charge is 2.39. The SMILES string of the molecule is Cc1cc(C)c(C(=NOc2ccc3ccccc3c2S(=O)O)C(F)(F)F)c(C)c1. The smallest absolute Gasteiger partial charge is 0.355 e. The normalized spacial score (nSPS) is 13.6. The molecule has 3 aromatic rings. The third-order valence-corrected chi connectivity index (χ3v) is 5.21. The number of rotatable bonds is 4. The van der Waals surface area contributed by atoms with E-state index in [9.17, 15) is 21.9 Å². The Morgan fingerprint density at radius 1 is 1.03 bits per heavy atom. The van der Waals surface area contributed by atoms with E-state index in [1.807, 2.05) is 0 Å². The summed E-state index contributed by atoms with van der Waals surface area (Å²) in [7, 11) is 0. The highest BCUT2D eigenvalue weighted by molar-refractivity contribution is 7.79. The summed E-state index contributed by atoms with van der Waals surface area (Å²) in [6.45, 7) is 4.93. The van der Waals surface area contributed by atoms with Crippen molar-refractivity contribution in [3.05, 3.63) is 70.8 Å². The van der Waals surface area contributed by atoms with Crippen LogP contribution in [0.4, 0.5) is 13.2 Å².